The van der Waals surface area contributed by atoms with Gasteiger partial charge in [-0.3, -0.25) is 14.5 Å². The van der Waals surface area contributed by atoms with Crippen molar-refractivity contribution in [1.29, 1.82) is 0 Å². The topological polar surface area (TPSA) is 100 Å². The van der Waals surface area contributed by atoms with Crippen LogP contribution in [0.4, 0.5) is 22.0 Å². The Balaban J connectivity index is 1.13. The lowest BCUT2D eigenvalue weighted by molar-refractivity contribution is -0.255. The van der Waals surface area contributed by atoms with Gasteiger partial charge in [-0.15, -0.1) is 0 Å². The molecule has 6 unspecified atom stereocenters. The van der Waals surface area contributed by atoms with E-state index >= 15 is 0 Å². The molecule has 2 aliphatic heterocycles. The van der Waals surface area contributed by atoms with E-state index in [0.717, 1.165) is 54.4 Å². The fourth-order valence-corrected chi connectivity index (χ4v) is 8.84. The lowest BCUT2D eigenvalue weighted by Crippen LogP contribution is -2.61. The fraction of sp³-hybridized carbons (Fsp3) is 0.435. The summed E-state index contributed by atoms with van der Waals surface area (Å²) < 4.78 is 83.3. The first-order chi connectivity index (χ1) is 28.2. The summed E-state index contributed by atoms with van der Waals surface area (Å²) in [7, 11) is 0. The average Bonchev–Trinajstić information content (AvgIpc) is 3.24. The number of aliphatic hydroxyl groups is 1. The minimum Gasteiger partial charge on any atom is -0.392 e. The maximum absolute atomic E-state index is 14.3. The van der Waals surface area contributed by atoms with Gasteiger partial charge >= 0.3 is 0 Å². The van der Waals surface area contributed by atoms with E-state index in [4.69, 9.17) is 9.47 Å². The number of aliphatic hydroxyl groups excluding tert-OH is 1. The molecule has 1 aliphatic carbocycles. The molecule has 3 aliphatic rings. The molecule has 314 valence electrons. The first kappa shape index (κ1) is 42.4. The van der Waals surface area contributed by atoms with Crippen LogP contribution in [0.25, 0.3) is 11.1 Å². The third-order valence-electron chi connectivity index (χ3n) is 11.7. The number of carbonyl (C=O) groups is 2. The highest BCUT2D eigenvalue weighted by Gasteiger charge is 2.44. The highest BCUT2D eigenvalue weighted by atomic mass is 19.2. The van der Waals surface area contributed by atoms with E-state index < -0.39 is 46.8 Å². The van der Waals surface area contributed by atoms with Gasteiger partial charge in [0.15, 0.2) is 29.6 Å². The van der Waals surface area contributed by atoms with Gasteiger partial charge in [0, 0.05) is 36.7 Å². The average molecular weight is 820 g/mol. The second-order valence-electron chi connectivity index (χ2n) is 16.9. The number of piperidine rings is 1. The Morgan fingerprint density at radius 3 is 2.10 bits per heavy atom. The van der Waals surface area contributed by atoms with Crippen molar-refractivity contribution in [2.45, 2.75) is 115 Å². The van der Waals surface area contributed by atoms with Crippen molar-refractivity contribution in [3.63, 3.8) is 0 Å². The van der Waals surface area contributed by atoms with Crippen molar-refractivity contribution in [3.05, 3.63) is 130 Å². The minimum atomic E-state index is -2.34. The van der Waals surface area contributed by atoms with Crippen LogP contribution >= 0.6 is 0 Å². The molecule has 3 fully saturated rings. The van der Waals surface area contributed by atoms with Gasteiger partial charge in [-0.05, 0) is 80.2 Å². The highest BCUT2D eigenvalue weighted by Crippen LogP contribution is 2.42. The van der Waals surface area contributed by atoms with Gasteiger partial charge in [-0.1, -0.05) is 85.6 Å². The van der Waals surface area contributed by atoms with E-state index in [0.29, 0.717) is 30.0 Å². The molecule has 3 N–H and O–H groups in total. The molecule has 59 heavy (non-hydrogen) atoms. The van der Waals surface area contributed by atoms with E-state index in [1.807, 2.05) is 69.3 Å². The molecule has 0 radical (unpaired) electrons. The molecule has 2 amide bonds. The maximum Gasteiger partial charge on any atom is 0.257 e. The molecule has 13 heteroatoms. The highest BCUT2D eigenvalue weighted by molar-refractivity contribution is 5.95. The lowest BCUT2D eigenvalue weighted by Gasteiger charge is -2.50. The van der Waals surface area contributed by atoms with Crippen LogP contribution in [0.2, 0.25) is 0 Å². The van der Waals surface area contributed by atoms with Gasteiger partial charge in [0.1, 0.15) is 5.56 Å². The number of hydrogen-bond donors (Lipinski definition) is 3. The Morgan fingerprint density at radius 2 is 1.42 bits per heavy atom. The van der Waals surface area contributed by atoms with E-state index in [2.05, 4.69) is 15.5 Å². The number of ether oxygens (including phenoxy) is 2. The van der Waals surface area contributed by atoms with Crippen LogP contribution in [-0.4, -0.2) is 52.1 Å². The molecule has 0 aromatic heterocycles. The summed E-state index contributed by atoms with van der Waals surface area (Å²) in [5, 5.41) is 15.2. The van der Waals surface area contributed by atoms with E-state index in [-0.39, 0.29) is 48.9 Å². The summed E-state index contributed by atoms with van der Waals surface area (Å²) in [6, 6.07) is 22.0. The summed E-state index contributed by atoms with van der Waals surface area (Å²) in [6.07, 6.45) is 5.46. The zero-order valence-corrected chi connectivity index (χ0v) is 33.4. The molecule has 2 heterocycles. The molecule has 0 spiro atoms. The molecular formula is C46H50F5N3O5. The number of amides is 2. The van der Waals surface area contributed by atoms with Crippen LogP contribution < -0.4 is 10.6 Å². The molecule has 2 saturated heterocycles. The second-order valence-corrected chi connectivity index (χ2v) is 16.9. The summed E-state index contributed by atoms with van der Waals surface area (Å²) in [5.41, 5.74) is 2.45. The SMILES string of the molecule is CC(C)(C)NC(=O)C1CCC2CCCCC2N1CC1CC(c2ccc(CO)cc2)OC(c2ccc(-c3ccccc3CNC(=O)c3c(F)c(F)c(F)c(F)c3F)cc2)O1. The standard InChI is InChI=1S/C46H50F5N3O5/c1-46(2,3)53-43(56)35-21-20-28-8-5-7-11-34(28)54(35)24-32-22-36(29-14-12-26(25-55)13-15-29)59-45(58-32)30-18-16-27(17-19-30)33-10-6-4-9-31(33)23-52-44(57)37-38(47)40(49)42(51)41(50)39(37)48/h4,6,9-10,12-19,28,32,34-36,45,55H,5,7-8,11,20-25H2,1-3H3,(H,52,57)(H,53,56). The van der Waals surface area contributed by atoms with E-state index in [1.165, 1.54) is 6.42 Å². The first-order valence-corrected chi connectivity index (χ1v) is 20.3. The van der Waals surface area contributed by atoms with E-state index in [1.54, 1.807) is 24.3 Å². The van der Waals surface area contributed by atoms with Crippen molar-refractivity contribution in [1.82, 2.24) is 15.5 Å². The summed E-state index contributed by atoms with van der Waals surface area (Å²) >= 11 is 0. The normalized spacial score (nSPS) is 23.7. The van der Waals surface area contributed by atoms with Gasteiger partial charge in [-0.25, -0.2) is 22.0 Å². The van der Waals surface area contributed by atoms with Gasteiger partial charge in [0.25, 0.3) is 5.91 Å². The molecular weight excluding hydrogens is 770 g/mol. The Kier molecular flexibility index (Phi) is 12.9. The minimum absolute atomic E-state index is 0.0364. The summed E-state index contributed by atoms with van der Waals surface area (Å²) in [5.74, 6) is -12.0. The number of likely N-dealkylation sites (tertiary alicyclic amines) is 1. The molecule has 8 nitrogen and oxygen atoms in total. The zero-order valence-electron chi connectivity index (χ0n) is 33.4. The largest absolute Gasteiger partial charge is 0.392 e. The van der Waals surface area contributed by atoms with Crippen molar-refractivity contribution in [2.75, 3.05) is 6.54 Å². The third-order valence-corrected chi connectivity index (χ3v) is 11.7. The van der Waals surface area contributed by atoms with Crippen LogP contribution in [0.1, 0.15) is 111 Å². The molecule has 1 saturated carbocycles. The smallest absolute Gasteiger partial charge is 0.257 e. The van der Waals surface area contributed by atoms with Crippen molar-refractivity contribution >= 4 is 11.8 Å². The van der Waals surface area contributed by atoms with E-state index in [9.17, 15) is 36.6 Å². The van der Waals surface area contributed by atoms with Crippen LogP contribution in [0, 0.1) is 35.0 Å². The molecule has 4 aromatic carbocycles. The summed E-state index contributed by atoms with van der Waals surface area (Å²) in [6.45, 7) is 6.19. The Hall–Kier alpha value is -4.69. The van der Waals surface area contributed by atoms with Gasteiger partial charge in [0.05, 0.1) is 24.9 Å². The quantitative estimate of drug-likeness (QED) is 0.0840. The fourth-order valence-electron chi connectivity index (χ4n) is 8.84. The number of nitrogens with zero attached hydrogens (tertiary/aromatic N) is 1. The van der Waals surface area contributed by atoms with Gasteiger partial charge < -0.3 is 25.2 Å². The van der Waals surface area contributed by atoms with Crippen LogP contribution in [0.5, 0.6) is 0 Å². The van der Waals surface area contributed by atoms with Crippen molar-refractivity contribution in [3.8, 4) is 11.1 Å². The Labute approximate surface area is 341 Å². The van der Waals surface area contributed by atoms with Crippen LogP contribution in [-0.2, 0) is 27.4 Å². The molecule has 7 rings (SSSR count). The lowest BCUT2D eigenvalue weighted by atomic mass is 9.75. The maximum atomic E-state index is 14.3. The number of benzene rings is 4. The Bertz CT molecular complexity index is 2120. The first-order valence-electron chi connectivity index (χ1n) is 20.3. The second kappa shape index (κ2) is 17.9. The number of fused-ring (bicyclic) bond motifs is 1. The van der Waals surface area contributed by atoms with Crippen molar-refractivity contribution in [2.24, 2.45) is 5.92 Å². The van der Waals surface area contributed by atoms with Crippen LogP contribution in [0.15, 0.2) is 72.8 Å². The zero-order chi connectivity index (χ0) is 42.0. The summed E-state index contributed by atoms with van der Waals surface area (Å²) in [4.78, 5) is 28.9. The van der Waals surface area contributed by atoms with Gasteiger partial charge in [-0.2, -0.15) is 0 Å². The predicted octanol–water partition coefficient (Wildman–Crippen LogP) is 8.95. The number of halogens is 5. The molecule has 4 aromatic rings. The third kappa shape index (κ3) is 9.38. The number of hydrogen-bond acceptors (Lipinski definition) is 6. The number of nitrogens with one attached hydrogen (secondary N) is 2. The predicted molar refractivity (Wildman–Crippen MR) is 211 cm³/mol. The molecule has 6 atom stereocenters. The Morgan fingerprint density at radius 1 is 0.780 bits per heavy atom. The monoisotopic (exact) mass is 819 g/mol. The van der Waals surface area contributed by atoms with Gasteiger partial charge in [0.2, 0.25) is 11.7 Å². The number of carbonyl (C=O) groups excluding carboxylic acids is 2. The molecule has 0 bridgehead atoms. The van der Waals surface area contributed by atoms with Crippen molar-refractivity contribution < 1.29 is 46.1 Å². The number of rotatable bonds is 10. The van der Waals surface area contributed by atoms with Crippen LogP contribution in [0.3, 0.4) is 0 Å².